The van der Waals surface area contributed by atoms with E-state index in [9.17, 15) is 0 Å². The van der Waals surface area contributed by atoms with Crippen LogP contribution >= 0.6 is 12.2 Å². The quantitative estimate of drug-likeness (QED) is 0.556. The maximum Gasteiger partial charge on any atom is 0.216 e. The summed E-state index contributed by atoms with van der Waals surface area (Å²) in [7, 11) is 0. The van der Waals surface area contributed by atoms with Gasteiger partial charge in [-0.3, -0.25) is 5.10 Å². The third-order valence-corrected chi connectivity index (χ3v) is 3.88. The number of H-pyrrole nitrogens is 1. The second-order valence-corrected chi connectivity index (χ2v) is 6.42. The van der Waals surface area contributed by atoms with E-state index in [-0.39, 0.29) is 0 Å². The molecule has 5 nitrogen and oxygen atoms in total. The molecule has 0 aliphatic carbocycles. The molecule has 0 fully saturated rings. The van der Waals surface area contributed by atoms with Crippen LogP contribution in [-0.4, -0.2) is 27.7 Å². The van der Waals surface area contributed by atoms with Crippen LogP contribution in [0.1, 0.15) is 25.2 Å². The zero-order valence-electron chi connectivity index (χ0n) is 14.0. The molecule has 1 heterocycles. The van der Waals surface area contributed by atoms with E-state index < -0.39 is 0 Å². The van der Waals surface area contributed by atoms with E-state index in [4.69, 9.17) is 17.0 Å². The molecule has 1 aromatic heterocycles. The molecular weight excluding hydrogens is 320 g/mol. The fourth-order valence-electron chi connectivity index (χ4n) is 2.42. The molecule has 3 rings (SSSR count). The van der Waals surface area contributed by atoms with Gasteiger partial charge < -0.3 is 4.74 Å². The Morgan fingerprint density at radius 2 is 2.00 bits per heavy atom. The fraction of sp³-hybridized carbons (Fsp3) is 0.278. The molecule has 0 amide bonds. The normalized spacial score (nSPS) is 11.7. The lowest BCUT2D eigenvalue weighted by molar-refractivity contribution is 0.274. The van der Waals surface area contributed by atoms with Gasteiger partial charge in [-0.25, -0.2) is 0 Å². The Kier molecular flexibility index (Phi) is 4.76. The molecule has 0 aliphatic heterocycles. The van der Waals surface area contributed by atoms with Crippen molar-refractivity contribution >= 4 is 29.2 Å². The predicted octanol–water partition coefficient (Wildman–Crippen LogP) is 4.32. The van der Waals surface area contributed by atoms with Gasteiger partial charge in [-0.15, -0.1) is 0 Å². The maximum atomic E-state index is 5.94. The van der Waals surface area contributed by atoms with Crippen molar-refractivity contribution < 1.29 is 4.74 Å². The van der Waals surface area contributed by atoms with Gasteiger partial charge in [-0.05, 0) is 42.6 Å². The van der Waals surface area contributed by atoms with Crippen molar-refractivity contribution in [2.24, 2.45) is 11.0 Å². The molecule has 2 aromatic carbocycles. The van der Waals surface area contributed by atoms with Crippen LogP contribution in [0.15, 0.2) is 41.5 Å². The van der Waals surface area contributed by atoms with E-state index in [0.717, 1.165) is 27.9 Å². The van der Waals surface area contributed by atoms with Gasteiger partial charge in [0.15, 0.2) is 0 Å². The summed E-state index contributed by atoms with van der Waals surface area (Å²) < 4.78 is 8.02. The minimum atomic E-state index is 0.477. The second kappa shape index (κ2) is 6.97. The van der Waals surface area contributed by atoms with Crippen LogP contribution < -0.4 is 4.74 Å². The SMILES string of the molecule is Cc1n[nH]c(=S)n1/N=C\c1ccc(OCC(C)C)c2ccccc12. The first kappa shape index (κ1) is 16.4. The van der Waals surface area contributed by atoms with E-state index in [1.165, 1.54) is 0 Å². The minimum absolute atomic E-state index is 0.477. The van der Waals surface area contributed by atoms with Crippen LogP contribution in [0.4, 0.5) is 0 Å². The van der Waals surface area contributed by atoms with Crippen LogP contribution in [0.2, 0.25) is 0 Å². The predicted molar refractivity (Wildman–Crippen MR) is 99.4 cm³/mol. The lowest BCUT2D eigenvalue weighted by Crippen LogP contribution is -2.05. The summed E-state index contributed by atoms with van der Waals surface area (Å²) >= 11 is 5.17. The highest BCUT2D eigenvalue weighted by atomic mass is 32.1. The van der Waals surface area contributed by atoms with Crippen molar-refractivity contribution in [3.63, 3.8) is 0 Å². The number of fused-ring (bicyclic) bond motifs is 1. The summed E-state index contributed by atoms with van der Waals surface area (Å²) in [6.07, 6.45) is 1.80. The number of hydrogen-bond donors (Lipinski definition) is 1. The molecule has 3 aromatic rings. The van der Waals surface area contributed by atoms with Crippen molar-refractivity contribution in [1.29, 1.82) is 0 Å². The number of hydrogen-bond acceptors (Lipinski definition) is 4. The highest BCUT2D eigenvalue weighted by Crippen LogP contribution is 2.28. The summed E-state index contributed by atoms with van der Waals surface area (Å²) in [6.45, 7) is 6.82. The Morgan fingerprint density at radius 3 is 2.67 bits per heavy atom. The lowest BCUT2D eigenvalue weighted by Gasteiger charge is -2.12. The molecular formula is C18H20N4OS. The van der Waals surface area contributed by atoms with Crippen LogP contribution in [-0.2, 0) is 0 Å². The highest BCUT2D eigenvalue weighted by Gasteiger charge is 2.07. The summed E-state index contributed by atoms with van der Waals surface area (Å²) in [4.78, 5) is 0. The summed E-state index contributed by atoms with van der Waals surface area (Å²) in [5.41, 5.74) is 1.00. The van der Waals surface area contributed by atoms with Crippen LogP contribution in [0, 0.1) is 17.6 Å². The zero-order chi connectivity index (χ0) is 17.1. The number of aryl methyl sites for hydroxylation is 1. The molecule has 124 valence electrons. The van der Waals surface area contributed by atoms with Crippen LogP contribution in [0.3, 0.4) is 0 Å². The van der Waals surface area contributed by atoms with Crippen molar-refractivity contribution in [3.8, 4) is 5.75 Å². The van der Waals surface area contributed by atoms with Crippen molar-refractivity contribution in [3.05, 3.63) is 52.6 Å². The smallest absolute Gasteiger partial charge is 0.216 e. The molecule has 24 heavy (non-hydrogen) atoms. The Hall–Kier alpha value is -2.47. The van der Waals surface area contributed by atoms with Gasteiger partial charge in [-0.1, -0.05) is 38.1 Å². The van der Waals surface area contributed by atoms with Gasteiger partial charge >= 0.3 is 0 Å². The molecule has 0 radical (unpaired) electrons. The average Bonchev–Trinajstić information content (AvgIpc) is 2.89. The Bertz CT molecular complexity index is 940. The zero-order valence-corrected chi connectivity index (χ0v) is 14.8. The number of rotatable bonds is 5. The number of benzene rings is 2. The molecule has 1 N–H and O–H groups in total. The van der Waals surface area contributed by atoms with E-state index in [1.54, 1.807) is 10.9 Å². The molecule has 0 aliphatic rings. The first-order valence-corrected chi connectivity index (χ1v) is 8.30. The fourth-order valence-corrected chi connectivity index (χ4v) is 2.64. The van der Waals surface area contributed by atoms with Crippen LogP contribution in [0.25, 0.3) is 10.8 Å². The molecule has 0 unspecified atom stereocenters. The third-order valence-electron chi connectivity index (χ3n) is 3.61. The van der Waals surface area contributed by atoms with Crippen molar-refractivity contribution in [2.75, 3.05) is 6.61 Å². The Morgan fingerprint density at radius 1 is 1.25 bits per heavy atom. The molecule has 0 bridgehead atoms. The molecule has 0 saturated carbocycles. The summed E-state index contributed by atoms with van der Waals surface area (Å²) in [5.74, 6) is 2.10. The number of aromatic amines is 1. The Balaban J connectivity index is 2.01. The first-order chi connectivity index (χ1) is 11.6. The van der Waals surface area contributed by atoms with Crippen molar-refractivity contribution in [2.45, 2.75) is 20.8 Å². The summed E-state index contributed by atoms with van der Waals surface area (Å²) in [6, 6.07) is 12.2. The first-order valence-electron chi connectivity index (χ1n) is 7.89. The monoisotopic (exact) mass is 340 g/mol. The molecule has 6 heteroatoms. The maximum absolute atomic E-state index is 5.94. The summed E-state index contributed by atoms with van der Waals surface area (Å²) in [5, 5.41) is 13.4. The van der Waals surface area contributed by atoms with Crippen molar-refractivity contribution in [1.82, 2.24) is 14.9 Å². The lowest BCUT2D eigenvalue weighted by atomic mass is 10.0. The molecule has 0 atom stereocenters. The topological polar surface area (TPSA) is 55.2 Å². The van der Waals surface area contributed by atoms with Gasteiger partial charge in [-0.2, -0.15) is 14.9 Å². The van der Waals surface area contributed by atoms with Gasteiger partial charge in [0.25, 0.3) is 0 Å². The number of aromatic nitrogens is 3. The van der Waals surface area contributed by atoms with Gasteiger partial charge in [0.05, 0.1) is 12.8 Å². The van der Waals surface area contributed by atoms with E-state index >= 15 is 0 Å². The number of nitrogens with one attached hydrogen (secondary N) is 1. The Labute approximate surface area is 146 Å². The van der Waals surface area contributed by atoms with Crippen LogP contribution in [0.5, 0.6) is 5.75 Å². The van der Waals surface area contributed by atoms with Gasteiger partial charge in [0.1, 0.15) is 11.6 Å². The van der Waals surface area contributed by atoms with E-state index in [1.807, 2.05) is 31.2 Å². The minimum Gasteiger partial charge on any atom is -0.493 e. The third kappa shape index (κ3) is 3.38. The second-order valence-electron chi connectivity index (χ2n) is 6.04. The standard InChI is InChI=1S/C18H20N4OS/c1-12(2)11-23-17-9-8-14(15-6-4-5-7-16(15)17)10-19-22-13(3)20-21-18(22)24/h4-10,12H,11H2,1-3H3,(H,21,24)/b19-10-. The van der Waals surface area contributed by atoms with Gasteiger partial charge in [0, 0.05) is 10.9 Å². The highest BCUT2D eigenvalue weighted by molar-refractivity contribution is 7.71. The van der Waals surface area contributed by atoms with E-state index in [2.05, 4.69) is 41.3 Å². The number of nitrogens with zero attached hydrogens (tertiary/aromatic N) is 3. The molecule has 0 spiro atoms. The van der Waals surface area contributed by atoms with E-state index in [0.29, 0.717) is 17.3 Å². The average molecular weight is 340 g/mol. The molecule has 0 saturated heterocycles. The van der Waals surface area contributed by atoms with Gasteiger partial charge in [0.2, 0.25) is 4.77 Å². The number of ether oxygens (including phenoxy) is 1. The largest absolute Gasteiger partial charge is 0.493 e.